The van der Waals surface area contributed by atoms with Crippen molar-refractivity contribution in [3.05, 3.63) is 23.9 Å². The van der Waals surface area contributed by atoms with Crippen molar-refractivity contribution in [3.63, 3.8) is 0 Å². The zero-order valence-electron chi connectivity index (χ0n) is 9.69. The molecule has 1 aromatic rings. The second-order valence-corrected chi connectivity index (χ2v) is 4.23. The fourth-order valence-electron chi connectivity index (χ4n) is 1.88. The summed E-state index contributed by atoms with van der Waals surface area (Å²) in [6.45, 7) is 2.74. The third-order valence-electron chi connectivity index (χ3n) is 2.90. The molecule has 0 bridgehead atoms. The van der Waals surface area contributed by atoms with E-state index >= 15 is 0 Å². The molecule has 0 aromatic carbocycles. The molecule has 0 saturated carbocycles. The van der Waals surface area contributed by atoms with Crippen LogP contribution in [-0.2, 0) is 0 Å². The van der Waals surface area contributed by atoms with Crippen LogP contribution >= 0.6 is 0 Å². The Hall–Kier alpha value is -1.62. The van der Waals surface area contributed by atoms with E-state index in [1.165, 1.54) is 0 Å². The van der Waals surface area contributed by atoms with Crippen LogP contribution in [0.2, 0.25) is 0 Å². The van der Waals surface area contributed by atoms with Gasteiger partial charge >= 0.3 is 0 Å². The van der Waals surface area contributed by atoms with E-state index in [2.05, 4.69) is 10.3 Å². The first-order valence-corrected chi connectivity index (χ1v) is 5.86. The van der Waals surface area contributed by atoms with Crippen LogP contribution < -0.4 is 15.8 Å². The maximum atomic E-state index is 11.0. The molecule has 2 rings (SSSR count). The Balaban J connectivity index is 1.89. The number of carbonyl (C=O) groups excluding carboxylic acids is 1. The molecular formula is C12H17N3O2. The number of nitrogens with zero attached hydrogens (tertiary/aromatic N) is 1. The average molecular weight is 235 g/mol. The lowest BCUT2D eigenvalue weighted by Gasteiger charge is -2.22. The van der Waals surface area contributed by atoms with Crippen molar-refractivity contribution >= 4 is 5.91 Å². The number of piperidine rings is 1. The van der Waals surface area contributed by atoms with Crippen LogP contribution in [0.15, 0.2) is 18.2 Å². The first kappa shape index (κ1) is 11.9. The van der Waals surface area contributed by atoms with E-state index < -0.39 is 5.91 Å². The molecule has 1 aliphatic rings. The fourth-order valence-corrected chi connectivity index (χ4v) is 1.88. The Morgan fingerprint density at radius 3 is 2.94 bits per heavy atom. The van der Waals surface area contributed by atoms with Gasteiger partial charge in [-0.05, 0) is 37.9 Å². The van der Waals surface area contributed by atoms with Gasteiger partial charge in [-0.15, -0.1) is 0 Å². The SMILES string of the molecule is NC(=O)c1cccc(OCC2CCNCC2)n1. The number of ether oxygens (including phenoxy) is 1. The number of rotatable bonds is 4. The quantitative estimate of drug-likeness (QED) is 0.799. The van der Waals surface area contributed by atoms with E-state index in [1.807, 2.05) is 0 Å². The van der Waals surface area contributed by atoms with Gasteiger partial charge in [0.25, 0.3) is 5.91 Å². The highest BCUT2D eigenvalue weighted by Crippen LogP contribution is 2.14. The Kier molecular flexibility index (Phi) is 3.93. The molecule has 92 valence electrons. The van der Waals surface area contributed by atoms with Crippen LogP contribution in [0.25, 0.3) is 0 Å². The first-order chi connectivity index (χ1) is 8.25. The first-order valence-electron chi connectivity index (χ1n) is 5.86. The van der Waals surface area contributed by atoms with E-state index in [0.29, 0.717) is 18.4 Å². The highest BCUT2D eigenvalue weighted by atomic mass is 16.5. The molecule has 0 radical (unpaired) electrons. The summed E-state index contributed by atoms with van der Waals surface area (Å²) in [5.41, 5.74) is 5.40. The van der Waals surface area contributed by atoms with Crippen LogP contribution in [-0.4, -0.2) is 30.6 Å². The summed E-state index contributed by atoms with van der Waals surface area (Å²) in [4.78, 5) is 15.0. The van der Waals surface area contributed by atoms with Gasteiger partial charge in [-0.25, -0.2) is 4.98 Å². The molecule has 5 heteroatoms. The molecule has 2 heterocycles. The number of primary amides is 1. The maximum Gasteiger partial charge on any atom is 0.267 e. The lowest BCUT2D eigenvalue weighted by molar-refractivity contribution is 0.0994. The molecule has 0 atom stereocenters. The summed E-state index contributed by atoms with van der Waals surface area (Å²) in [6.07, 6.45) is 2.24. The van der Waals surface area contributed by atoms with Crippen molar-refractivity contribution in [1.29, 1.82) is 0 Å². The number of amides is 1. The van der Waals surface area contributed by atoms with Crippen LogP contribution in [0.3, 0.4) is 0 Å². The minimum absolute atomic E-state index is 0.243. The van der Waals surface area contributed by atoms with Gasteiger partial charge in [0.05, 0.1) is 6.61 Å². The van der Waals surface area contributed by atoms with Gasteiger partial charge in [0, 0.05) is 6.07 Å². The summed E-state index contributed by atoms with van der Waals surface area (Å²) < 4.78 is 5.59. The summed E-state index contributed by atoms with van der Waals surface area (Å²) in [6, 6.07) is 5.05. The summed E-state index contributed by atoms with van der Waals surface area (Å²) in [7, 11) is 0. The molecule has 1 saturated heterocycles. The Morgan fingerprint density at radius 1 is 1.47 bits per heavy atom. The molecule has 17 heavy (non-hydrogen) atoms. The van der Waals surface area contributed by atoms with E-state index in [0.717, 1.165) is 25.9 Å². The molecule has 0 aliphatic carbocycles. The molecule has 1 amide bonds. The molecule has 3 N–H and O–H groups in total. The standard InChI is InChI=1S/C12H17N3O2/c13-12(16)10-2-1-3-11(15-10)17-8-9-4-6-14-7-5-9/h1-3,9,14H,4-8H2,(H2,13,16). The number of aromatic nitrogens is 1. The molecule has 0 unspecified atom stereocenters. The number of carbonyl (C=O) groups is 1. The minimum Gasteiger partial charge on any atom is -0.477 e. The topological polar surface area (TPSA) is 77.2 Å². The van der Waals surface area contributed by atoms with Gasteiger partial charge in [0.1, 0.15) is 5.69 Å². The van der Waals surface area contributed by atoms with Crippen molar-refractivity contribution in [2.45, 2.75) is 12.8 Å². The Morgan fingerprint density at radius 2 is 2.24 bits per heavy atom. The van der Waals surface area contributed by atoms with Gasteiger partial charge in [0.2, 0.25) is 5.88 Å². The minimum atomic E-state index is -0.530. The Labute approximate surface area is 100 Å². The third-order valence-corrected chi connectivity index (χ3v) is 2.90. The van der Waals surface area contributed by atoms with Gasteiger partial charge < -0.3 is 15.8 Å². The normalized spacial score (nSPS) is 16.7. The molecule has 0 spiro atoms. The number of nitrogens with two attached hydrogens (primary N) is 1. The Bertz CT molecular complexity index is 389. The summed E-state index contributed by atoms with van der Waals surface area (Å²) >= 11 is 0. The van der Waals surface area contributed by atoms with Crippen LogP contribution in [0.4, 0.5) is 0 Å². The van der Waals surface area contributed by atoms with E-state index in [-0.39, 0.29) is 5.69 Å². The third kappa shape index (κ3) is 3.42. The zero-order chi connectivity index (χ0) is 12.1. The average Bonchev–Trinajstić information content (AvgIpc) is 2.38. The summed E-state index contributed by atoms with van der Waals surface area (Å²) in [5, 5.41) is 3.30. The number of pyridine rings is 1. The molecule has 1 fully saturated rings. The molecule has 1 aromatic heterocycles. The van der Waals surface area contributed by atoms with Crippen LogP contribution in [0.5, 0.6) is 5.88 Å². The predicted molar refractivity (Wildman–Crippen MR) is 63.8 cm³/mol. The van der Waals surface area contributed by atoms with Crippen molar-refractivity contribution in [2.24, 2.45) is 11.7 Å². The monoisotopic (exact) mass is 235 g/mol. The number of hydrogen-bond acceptors (Lipinski definition) is 4. The smallest absolute Gasteiger partial charge is 0.267 e. The van der Waals surface area contributed by atoms with Crippen molar-refractivity contribution in [2.75, 3.05) is 19.7 Å². The van der Waals surface area contributed by atoms with Gasteiger partial charge in [-0.2, -0.15) is 0 Å². The number of nitrogens with one attached hydrogen (secondary N) is 1. The van der Waals surface area contributed by atoms with Crippen molar-refractivity contribution < 1.29 is 9.53 Å². The van der Waals surface area contributed by atoms with Gasteiger partial charge in [-0.3, -0.25) is 4.79 Å². The molecule has 5 nitrogen and oxygen atoms in total. The van der Waals surface area contributed by atoms with Crippen molar-refractivity contribution in [1.82, 2.24) is 10.3 Å². The zero-order valence-corrected chi connectivity index (χ0v) is 9.69. The van der Waals surface area contributed by atoms with E-state index in [9.17, 15) is 4.79 Å². The number of hydrogen-bond donors (Lipinski definition) is 2. The van der Waals surface area contributed by atoms with E-state index in [4.69, 9.17) is 10.5 Å². The lowest BCUT2D eigenvalue weighted by atomic mass is 9.99. The molecule has 1 aliphatic heterocycles. The fraction of sp³-hybridized carbons (Fsp3) is 0.500. The van der Waals surface area contributed by atoms with E-state index in [1.54, 1.807) is 18.2 Å². The highest BCUT2D eigenvalue weighted by Gasteiger charge is 2.14. The predicted octanol–water partition coefficient (Wildman–Crippen LogP) is 0.559. The second kappa shape index (κ2) is 5.63. The maximum absolute atomic E-state index is 11.0. The second-order valence-electron chi connectivity index (χ2n) is 4.23. The molecular weight excluding hydrogens is 218 g/mol. The van der Waals surface area contributed by atoms with Crippen LogP contribution in [0, 0.1) is 5.92 Å². The van der Waals surface area contributed by atoms with Crippen molar-refractivity contribution in [3.8, 4) is 5.88 Å². The highest BCUT2D eigenvalue weighted by molar-refractivity contribution is 5.90. The van der Waals surface area contributed by atoms with Crippen LogP contribution in [0.1, 0.15) is 23.3 Å². The lowest BCUT2D eigenvalue weighted by Crippen LogP contribution is -2.30. The largest absolute Gasteiger partial charge is 0.477 e. The van der Waals surface area contributed by atoms with Gasteiger partial charge in [0.15, 0.2) is 0 Å². The van der Waals surface area contributed by atoms with Gasteiger partial charge in [-0.1, -0.05) is 6.07 Å². The summed E-state index contributed by atoms with van der Waals surface area (Å²) in [5.74, 6) is 0.507.